The molecular formula is C21H19N5O3. The summed E-state index contributed by atoms with van der Waals surface area (Å²) >= 11 is 0. The van der Waals surface area contributed by atoms with Crippen molar-refractivity contribution in [3.63, 3.8) is 0 Å². The van der Waals surface area contributed by atoms with E-state index in [0.717, 1.165) is 11.3 Å². The minimum absolute atomic E-state index is 0.151. The molecule has 0 fully saturated rings. The minimum atomic E-state index is -0.416. The third kappa shape index (κ3) is 3.36. The Hall–Kier alpha value is -3.94. The molecular weight excluding hydrogens is 370 g/mol. The Bertz CT molecular complexity index is 1330. The van der Waals surface area contributed by atoms with Crippen molar-refractivity contribution in [2.45, 2.75) is 20.3 Å². The van der Waals surface area contributed by atoms with E-state index in [-0.39, 0.29) is 28.0 Å². The van der Waals surface area contributed by atoms with Gasteiger partial charge in [0, 0.05) is 23.6 Å². The quantitative estimate of drug-likeness (QED) is 0.498. The smallest absolute Gasteiger partial charge is 0.273 e. The zero-order valence-electron chi connectivity index (χ0n) is 15.9. The lowest BCUT2D eigenvalue weighted by Crippen LogP contribution is -2.19. The van der Waals surface area contributed by atoms with Crippen LogP contribution in [0, 0.1) is 6.92 Å². The van der Waals surface area contributed by atoms with Crippen molar-refractivity contribution >= 4 is 17.2 Å². The van der Waals surface area contributed by atoms with Crippen molar-refractivity contribution in [1.29, 1.82) is 0 Å². The average molecular weight is 389 g/mol. The van der Waals surface area contributed by atoms with E-state index in [2.05, 4.69) is 20.4 Å². The second-order valence-corrected chi connectivity index (χ2v) is 6.67. The van der Waals surface area contributed by atoms with Gasteiger partial charge in [0.1, 0.15) is 5.56 Å². The molecule has 0 aliphatic rings. The van der Waals surface area contributed by atoms with Crippen molar-refractivity contribution in [3.05, 3.63) is 86.2 Å². The molecule has 0 unspecified atom stereocenters. The molecule has 1 amide bonds. The monoisotopic (exact) mass is 389 g/mol. The number of aryl methyl sites for hydroxylation is 2. The molecule has 0 saturated carbocycles. The van der Waals surface area contributed by atoms with Gasteiger partial charge in [-0.2, -0.15) is 0 Å². The number of hydrogen-bond acceptors (Lipinski definition) is 4. The van der Waals surface area contributed by atoms with Crippen molar-refractivity contribution < 1.29 is 4.79 Å². The topological polar surface area (TPSA) is 112 Å². The predicted molar refractivity (Wildman–Crippen MR) is 110 cm³/mol. The molecule has 146 valence electrons. The number of aromatic amines is 2. The van der Waals surface area contributed by atoms with Crippen LogP contribution in [0.4, 0.5) is 5.69 Å². The summed E-state index contributed by atoms with van der Waals surface area (Å²) in [5, 5.41) is 5.51. The number of hydrogen-bond donors (Lipinski definition) is 3. The predicted octanol–water partition coefficient (Wildman–Crippen LogP) is 2.50. The summed E-state index contributed by atoms with van der Waals surface area (Å²) in [7, 11) is 0. The first kappa shape index (κ1) is 18.4. The maximum absolute atomic E-state index is 12.7. The van der Waals surface area contributed by atoms with Crippen LogP contribution in [0.2, 0.25) is 0 Å². The Balaban J connectivity index is 1.82. The number of benzene rings is 1. The molecule has 1 aromatic carbocycles. The van der Waals surface area contributed by atoms with Crippen molar-refractivity contribution in [2.24, 2.45) is 0 Å². The van der Waals surface area contributed by atoms with E-state index in [9.17, 15) is 14.4 Å². The van der Waals surface area contributed by atoms with Crippen LogP contribution in [-0.2, 0) is 6.42 Å². The summed E-state index contributed by atoms with van der Waals surface area (Å²) < 4.78 is 1.17. The summed E-state index contributed by atoms with van der Waals surface area (Å²) in [6.45, 7) is 3.84. The number of fused-ring (bicyclic) bond motifs is 1. The van der Waals surface area contributed by atoms with Gasteiger partial charge in [-0.15, -0.1) is 0 Å². The highest BCUT2D eigenvalue weighted by atomic mass is 16.2. The highest BCUT2D eigenvalue weighted by molar-refractivity contribution is 6.08. The highest BCUT2D eigenvalue weighted by Crippen LogP contribution is 2.17. The zero-order valence-corrected chi connectivity index (χ0v) is 15.9. The molecule has 8 nitrogen and oxygen atoms in total. The van der Waals surface area contributed by atoms with Gasteiger partial charge in [-0.05, 0) is 37.1 Å². The SMILES string of the molecule is CCc1[nH]c(=O)c(-c2cc(=O)n3[nH]cc(C(=O)Nc4ccccc4)c3n2)cc1C. The van der Waals surface area contributed by atoms with Crippen molar-refractivity contribution in [1.82, 2.24) is 19.6 Å². The standard InChI is InChI=1S/C21H19N5O3/c1-3-16-12(2)9-14(20(28)25-16)17-10-18(27)26-19(24-17)15(11-22-26)21(29)23-13-7-5-4-6-8-13/h4-11,22H,3H2,1-2H3,(H,23,29)(H,25,28). The summed E-state index contributed by atoms with van der Waals surface area (Å²) in [6, 6.07) is 12.0. The van der Waals surface area contributed by atoms with Crippen LogP contribution in [-0.4, -0.2) is 25.5 Å². The lowest BCUT2D eigenvalue weighted by molar-refractivity contribution is 0.102. The summed E-state index contributed by atoms with van der Waals surface area (Å²) in [5.74, 6) is -0.412. The Morgan fingerprint density at radius 3 is 2.66 bits per heavy atom. The molecule has 0 bridgehead atoms. The molecule has 29 heavy (non-hydrogen) atoms. The van der Waals surface area contributed by atoms with E-state index < -0.39 is 11.5 Å². The number of nitrogens with zero attached hydrogens (tertiary/aromatic N) is 2. The van der Waals surface area contributed by atoms with Crippen LogP contribution in [0.5, 0.6) is 0 Å². The molecule has 0 spiro atoms. The fourth-order valence-corrected chi connectivity index (χ4v) is 3.24. The second kappa shape index (κ2) is 7.23. The molecule has 3 N–H and O–H groups in total. The molecule has 0 radical (unpaired) electrons. The average Bonchev–Trinajstić information content (AvgIpc) is 3.15. The number of carbonyl (C=O) groups is 1. The number of pyridine rings is 1. The molecule has 4 aromatic rings. The molecule has 0 atom stereocenters. The lowest BCUT2D eigenvalue weighted by atomic mass is 10.1. The molecule has 0 aliphatic carbocycles. The first-order valence-corrected chi connectivity index (χ1v) is 9.18. The van der Waals surface area contributed by atoms with Crippen molar-refractivity contribution in [3.8, 4) is 11.3 Å². The maximum Gasteiger partial charge on any atom is 0.273 e. The van der Waals surface area contributed by atoms with Crippen LogP contribution >= 0.6 is 0 Å². The normalized spacial score (nSPS) is 11.0. The molecule has 3 heterocycles. The van der Waals surface area contributed by atoms with Gasteiger partial charge in [-0.3, -0.25) is 19.5 Å². The van der Waals surface area contributed by atoms with Crippen LogP contribution < -0.4 is 16.4 Å². The van der Waals surface area contributed by atoms with Crippen LogP contribution in [0.3, 0.4) is 0 Å². The van der Waals surface area contributed by atoms with Gasteiger partial charge in [-0.1, -0.05) is 25.1 Å². The number of H-pyrrole nitrogens is 2. The number of para-hydroxylation sites is 1. The van der Waals surface area contributed by atoms with E-state index >= 15 is 0 Å². The zero-order chi connectivity index (χ0) is 20.5. The van der Waals surface area contributed by atoms with E-state index in [1.807, 2.05) is 19.9 Å². The maximum atomic E-state index is 12.7. The van der Waals surface area contributed by atoms with E-state index in [1.54, 1.807) is 30.3 Å². The van der Waals surface area contributed by atoms with Gasteiger partial charge in [0.2, 0.25) is 0 Å². The van der Waals surface area contributed by atoms with Crippen molar-refractivity contribution in [2.75, 3.05) is 5.32 Å². The Labute approximate surface area is 165 Å². The summed E-state index contributed by atoms with van der Waals surface area (Å²) in [4.78, 5) is 45.0. The molecule has 3 aromatic heterocycles. The van der Waals surface area contributed by atoms with Crippen LogP contribution in [0.25, 0.3) is 16.9 Å². The number of amides is 1. The molecule has 4 rings (SSSR count). The summed E-state index contributed by atoms with van der Waals surface area (Å²) in [5.41, 5.74) is 2.47. The lowest BCUT2D eigenvalue weighted by Gasteiger charge is -2.07. The van der Waals surface area contributed by atoms with Crippen LogP contribution in [0.15, 0.2) is 58.3 Å². The Kier molecular flexibility index (Phi) is 4.59. The van der Waals surface area contributed by atoms with Gasteiger partial charge >= 0.3 is 0 Å². The molecule has 0 saturated heterocycles. The number of anilines is 1. The van der Waals surface area contributed by atoms with E-state index in [1.165, 1.54) is 16.8 Å². The van der Waals surface area contributed by atoms with Gasteiger partial charge in [0.15, 0.2) is 5.65 Å². The number of nitrogens with one attached hydrogen (secondary N) is 3. The number of aromatic nitrogens is 4. The van der Waals surface area contributed by atoms with Gasteiger partial charge < -0.3 is 10.3 Å². The fraction of sp³-hybridized carbons (Fsp3) is 0.143. The molecule has 0 aliphatic heterocycles. The van der Waals surface area contributed by atoms with Gasteiger partial charge in [0.25, 0.3) is 17.0 Å². The second-order valence-electron chi connectivity index (χ2n) is 6.67. The van der Waals surface area contributed by atoms with E-state index in [0.29, 0.717) is 12.1 Å². The van der Waals surface area contributed by atoms with E-state index in [4.69, 9.17) is 0 Å². The Morgan fingerprint density at radius 2 is 1.93 bits per heavy atom. The number of carbonyl (C=O) groups excluding carboxylic acids is 1. The first-order chi connectivity index (χ1) is 14.0. The first-order valence-electron chi connectivity index (χ1n) is 9.18. The van der Waals surface area contributed by atoms with Gasteiger partial charge in [0.05, 0.1) is 11.3 Å². The van der Waals surface area contributed by atoms with Crippen LogP contribution in [0.1, 0.15) is 28.5 Å². The highest BCUT2D eigenvalue weighted by Gasteiger charge is 2.18. The summed E-state index contributed by atoms with van der Waals surface area (Å²) in [6.07, 6.45) is 2.11. The minimum Gasteiger partial charge on any atom is -0.325 e. The largest absolute Gasteiger partial charge is 0.325 e. The van der Waals surface area contributed by atoms with Gasteiger partial charge in [-0.25, -0.2) is 9.50 Å². The Morgan fingerprint density at radius 1 is 1.17 bits per heavy atom. The molecule has 8 heteroatoms. The number of rotatable bonds is 4. The fourth-order valence-electron chi connectivity index (χ4n) is 3.24. The third-order valence-electron chi connectivity index (χ3n) is 4.75. The third-order valence-corrected chi connectivity index (χ3v) is 4.75.